The summed E-state index contributed by atoms with van der Waals surface area (Å²) in [5, 5.41) is 11.9. The topological polar surface area (TPSA) is 160 Å². The molecule has 1 aliphatic heterocycles. The Morgan fingerprint density at radius 2 is 2.04 bits per heavy atom. The summed E-state index contributed by atoms with van der Waals surface area (Å²) in [6.45, 7) is 3.95. The lowest BCUT2D eigenvalue weighted by Crippen LogP contribution is -2.64. The zero-order chi connectivity index (χ0) is 18.9. The van der Waals surface area contributed by atoms with Crippen molar-refractivity contribution < 1.29 is 14.7 Å². The van der Waals surface area contributed by atoms with Crippen LogP contribution in [0.5, 0.6) is 0 Å². The number of guanidine groups is 1. The molecule has 0 saturated carbocycles. The average Bonchev–Trinajstić information content (AvgIpc) is 2.92. The number of carboxylic acids is 1. The third-order valence-electron chi connectivity index (χ3n) is 4.52. The van der Waals surface area contributed by atoms with Gasteiger partial charge in [-0.2, -0.15) is 0 Å². The number of nitrogens with one attached hydrogen (secondary N) is 1. The summed E-state index contributed by atoms with van der Waals surface area (Å²) in [5.74, 6) is -1.54. The number of hydrogen-bond donors (Lipinski definition) is 5. The van der Waals surface area contributed by atoms with Gasteiger partial charge in [-0.25, -0.2) is 4.79 Å². The van der Waals surface area contributed by atoms with Crippen LogP contribution < -0.4 is 22.5 Å². The summed E-state index contributed by atoms with van der Waals surface area (Å²) in [7, 11) is 0. The van der Waals surface area contributed by atoms with E-state index < -0.39 is 23.6 Å². The number of hydrogen-bond acceptors (Lipinski definition) is 5. The molecule has 9 nitrogen and oxygen atoms in total. The number of carbonyl (C=O) groups excluding carboxylic acids is 1. The average molecular weight is 356 g/mol. The molecule has 9 heteroatoms. The summed E-state index contributed by atoms with van der Waals surface area (Å²) in [4.78, 5) is 29.9. The molecule has 1 amide bonds. The number of carboxylic acid groups (broad SMARTS) is 1. The van der Waals surface area contributed by atoms with Crippen LogP contribution in [0.2, 0.25) is 0 Å². The largest absolute Gasteiger partial charge is 0.480 e. The molecule has 1 heterocycles. The first-order valence-corrected chi connectivity index (χ1v) is 8.94. The number of aliphatic carboxylic acids is 1. The SMILES string of the molecule is CCCCCN1CCC[C@@]1(N)C(=O)NC(CCCN=C(N)N)C(=O)O. The maximum atomic E-state index is 12.7. The highest BCUT2D eigenvalue weighted by molar-refractivity contribution is 5.89. The number of nitrogens with two attached hydrogens (primary N) is 3. The minimum absolute atomic E-state index is 0.0366. The summed E-state index contributed by atoms with van der Waals surface area (Å²) in [6, 6.07) is -1.000. The Bertz CT molecular complexity index is 480. The third-order valence-corrected chi connectivity index (χ3v) is 4.52. The van der Waals surface area contributed by atoms with E-state index in [9.17, 15) is 14.7 Å². The van der Waals surface area contributed by atoms with Gasteiger partial charge in [-0.15, -0.1) is 0 Å². The van der Waals surface area contributed by atoms with Crippen LogP contribution in [0.3, 0.4) is 0 Å². The first kappa shape index (κ1) is 21.2. The molecule has 1 aliphatic rings. The van der Waals surface area contributed by atoms with Gasteiger partial charge in [0.15, 0.2) is 5.96 Å². The molecule has 0 spiro atoms. The van der Waals surface area contributed by atoms with Gasteiger partial charge in [0, 0.05) is 19.6 Å². The monoisotopic (exact) mass is 356 g/mol. The second-order valence-electron chi connectivity index (χ2n) is 6.54. The van der Waals surface area contributed by atoms with E-state index in [4.69, 9.17) is 17.2 Å². The number of rotatable bonds is 11. The number of nitrogens with zero attached hydrogens (tertiary/aromatic N) is 2. The Balaban J connectivity index is 2.61. The Labute approximate surface area is 149 Å². The molecule has 25 heavy (non-hydrogen) atoms. The number of amides is 1. The van der Waals surface area contributed by atoms with Crippen molar-refractivity contribution >= 4 is 17.8 Å². The zero-order valence-corrected chi connectivity index (χ0v) is 15.0. The van der Waals surface area contributed by atoms with E-state index in [2.05, 4.69) is 17.2 Å². The first-order chi connectivity index (χ1) is 11.8. The fraction of sp³-hybridized carbons (Fsp3) is 0.812. The second kappa shape index (κ2) is 10.2. The standard InChI is InChI=1S/C16H32N6O3/c1-2-3-4-10-22-11-6-8-16(22,19)14(25)21-12(13(23)24)7-5-9-20-15(17)18/h12H,2-11,19H2,1H3,(H,21,25)(H,23,24)(H4,17,18,20)/t12?,16-/m0/s1. The molecule has 0 aromatic carbocycles. The molecular weight excluding hydrogens is 324 g/mol. The summed E-state index contributed by atoms with van der Waals surface area (Å²) >= 11 is 0. The quantitative estimate of drug-likeness (QED) is 0.190. The van der Waals surface area contributed by atoms with Crippen LogP contribution in [-0.2, 0) is 9.59 Å². The van der Waals surface area contributed by atoms with Gasteiger partial charge >= 0.3 is 5.97 Å². The molecule has 1 rings (SSSR count). The van der Waals surface area contributed by atoms with Crippen molar-refractivity contribution in [2.24, 2.45) is 22.2 Å². The number of carbonyl (C=O) groups is 2. The molecule has 0 radical (unpaired) electrons. The number of unbranched alkanes of at least 4 members (excludes halogenated alkanes) is 2. The summed E-state index contributed by atoms with van der Waals surface area (Å²) in [6.07, 6.45) is 5.20. The molecule has 0 aromatic rings. The van der Waals surface area contributed by atoms with Crippen LogP contribution in [0.25, 0.3) is 0 Å². The van der Waals surface area contributed by atoms with Crippen molar-refractivity contribution in [3.05, 3.63) is 0 Å². The predicted molar refractivity (Wildman–Crippen MR) is 96.7 cm³/mol. The van der Waals surface area contributed by atoms with Crippen LogP contribution in [0.1, 0.15) is 51.9 Å². The molecule has 1 unspecified atom stereocenters. The van der Waals surface area contributed by atoms with Gasteiger partial charge in [0.1, 0.15) is 11.7 Å². The minimum atomic E-state index is -1.12. The molecule has 0 bridgehead atoms. The second-order valence-corrected chi connectivity index (χ2v) is 6.54. The Kier molecular flexibility index (Phi) is 8.64. The van der Waals surface area contributed by atoms with Gasteiger partial charge < -0.3 is 27.6 Å². The Morgan fingerprint density at radius 3 is 2.64 bits per heavy atom. The van der Waals surface area contributed by atoms with E-state index in [0.29, 0.717) is 19.4 Å². The lowest BCUT2D eigenvalue weighted by molar-refractivity contribution is -0.144. The Hall–Kier alpha value is -1.87. The molecule has 2 atom stereocenters. The smallest absolute Gasteiger partial charge is 0.326 e. The van der Waals surface area contributed by atoms with Crippen LogP contribution >= 0.6 is 0 Å². The fourth-order valence-corrected chi connectivity index (χ4v) is 3.06. The minimum Gasteiger partial charge on any atom is -0.480 e. The lowest BCUT2D eigenvalue weighted by Gasteiger charge is -2.34. The molecule has 144 valence electrons. The van der Waals surface area contributed by atoms with Gasteiger partial charge in [0.25, 0.3) is 5.91 Å². The zero-order valence-electron chi connectivity index (χ0n) is 15.0. The lowest BCUT2D eigenvalue weighted by atomic mass is 10.0. The highest BCUT2D eigenvalue weighted by atomic mass is 16.4. The van der Waals surface area contributed by atoms with Gasteiger partial charge in [0.2, 0.25) is 0 Å². The molecule has 0 aliphatic carbocycles. The number of aliphatic imine (C=N–C) groups is 1. The van der Waals surface area contributed by atoms with E-state index in [1.807, 2.05) is 4.90 Å². The normalized spacial score (nSPS) is 21.7. The van der Waals surface area contributed by atoms with Gasteiger partial charge in [-0.05, 0) is 32.1 Å². The van der Waals surface area contributed by atoms with E-state index in [1.165, 1.54) is 0 Å². The van der Waals surface area contributed by atoms with Crippen LogP contribution in [-0.4, -0.2) is 59.2 Å². The van der Waals surface area contributed by atoms with Crippen LogP contribution in [0.4, 0.5) is 0 Å². The van der Waals surface area contributed by atoms with Gasteiger partial charge in [-0.3, -0.25) is 14.7 Å². The summed E-state index contributed by atoms with van der Waals surface area (Å²) in [5.41, 5.74) is 15.7. The van der Waals surface area contributed by atoms with Gasteiger partial charge in [0.05, 0.1) is 0 Å². The molecule has 1 fully saturated rings. The molecule has 1 saturated heterocycles. The van der Waals surface area contributed by atoms with E-state index in [1.54, 1.807) is 0 Å². The predicted octanol–water partition coefficient (Wildman–Crippen LogP) is -0.450. The van der Waals surface area contributed by atoms with Crippen molar-refractivity contribution in [1.29, 1.82) is 0 Å². The van der Waals surface area contributed by atoms with Crippen molar-refractivity contribution in [3.8, 4) is 0 Å². The van der Waals surface area contributed by atoms with Crippen molar-refractivity contribution in [3.63, 3.8) is 0 Å². The van der Waals surface area contributed by atoms with Gasteiger partial charge in [-0.1, -0.05) is 19.8 Å². The summed E-state index contributed by atoms with van der Waals surface area (Å²) < 4.78 is 0. The van der Waals surface area contributed by atoms with Crippen molar-refractivity contribution in [2.75, 3.05) is 19.6 Å². The molecule has 8 N–H and O–H groups in total. The van der Waals surface area contributed by atoms with E-state index >= 15 is 0 Å². The van der Waals surface area contributed by atoms with Crippen molar-refractivity contribution in [2.45, 2.75) is 63.6 Å². The maximum Gasteiger partial charge on any atom is 0.326 e. The first-order valence-electron chi connectivity index (χ1n) is 8.94. The van der Waals surface area contributed by atoms with E-state index in [-0.39, 0.29) is 12.4 Å². The molecule has 0 aromatic heterocycles. The Morgan fingerprint density at radius 1 is 1.32 bits per heavy atom. The highest BCUT2D eigenvalue weighted by Gasteiger charge is 2.44. The van der Waals surface area contributed by atoms with E-state index in [0.717, 1.165) is 38.8 Å². The van der Waals surface area contributed by atoms with Crippen LogP contribution in [0.15, 0.2) is 4.99 Å². The third kappa shape index (κ3) is 6.50. The maximum absolute atomic E-state index is 12.7. The van der Waals surface area contributed by atoms with Crippen molar-refractivity contribution in [1.82, 2.24) is 10.2 Å². The highest BCUT2D eigenvalue weighted by Crippen LogP contribution is 2.25. The molecular formula is C16H32N6O3. The fourth-order valence-electron chi connectivity index (χ4n) is 3.06. The van der Waals surface area contributed by atoms with Crippen LogP contribution in [0, 0.1) is 0 Å². The number of likely N-dealkylation sites (tertiary alicyclic amines) is 1.